The predicted molar refractivity (Wildman–Crippen MR) is 80.1 cm³/mol. The van der Waals surface area contributed by atoms with Crippen LogP contribution in [-0.4, -0.2) is 17.4 Å². The summed E-state index contributed by atoms with van der Waals surface area (Å²) in [7, 11) is 0. The monoisotopic (exact) mass is 265 g/mol. The molecule has 0 N–H and O–H groups in total. The number of likely N-dealkylation sites (tertiary alicyclic amines) is 1. The van der Waals surface area contributed by atoms with E-state index in [1.54, 1.807) is 0 Å². The van der Waals surface area contributed by atoms with Gasteiger partial charge in [0.15, 0.2) is 0 Å². The minimum absolute atomic E-state index is 0.154. The quantitative estimate of drug-likeness (QED) is 0.830. The van der Waals surface area contributed by atoms with E-state index in [0.717, 1.165) is 25.9 Å². The summed E-state index contributed by atoms with van der Waals surface area (Å²) in [6.07, 6.45) is 1.84. The third-order valence-electron chi connectivity index (χ3n) is 3.95. The molecule has 1 atom stereocenters. The molecular formula is C18H19NO. The zero-order valence-electron chi connectivity index (χ0n) is 11.5. The Bertz CT molecular complexity index is 513. The maximum Gasteiger partial charge on any atom is 0.226 e. The van der Waals surface area contributed by atoms with E-state index in [4.69, 9.17) is 0 Å². The Balaban J connectivity index is 1.62. The fourth-order valence-corrected chi connectivity index (χ4v) is 2.85. The highest BCUT2D eigenvalue weighted by atomic mass is 16.2. The molecule has 0 saturated carbocycles. The van der Waals surface area contributed by atoms with E-state index in [1.807, 2.05) is 41.3 Å². The van der Waals surface area contributed by atoms with Crippen molar-refractivity contribution in [1.82, 2.24) is 4.90 Å². The molecule has 0 radical (unpaired) electrons. The van der Waals surface area contributed by atoms with Gasteiger partial charge in [0, 0.05) is 19.0 Å². The highest BCUT2D eigenvalue weighted by Crippen LogP contribution is 2.23. The van der Waals surface area contributed by atoms with Crippen LogP contribution < -0.4 is 0 Å². The Labute approximate surface area is 120 Å². The molecule has 1 aliphatic rings. The van der Waals surface area contributed by atoms with Crippen LogP contribution in [0.1, 0.15) is 17.5 Å². The maximum absolute atomic E-state index is 12.4. The van der Waals surface area contributed by atoms with Gasteiger partial charge in [0.2, 0.25) is 5.91 Å². The first-order chi connectivity index (χ1) is 9.83. The van der Waals surface area contributed by atoms with Gasteiger partial charge in [-0.3, -0.25) is 4.79 Å². The fourth-order valence-electron chi connectivity index (χ4n) is 2.85. The van der Waals surface area contributed by atoms with Gasteiger partial charge in [-0.15, -0.1) is 0 Å². The number of hydrogen-bond donors (Lipinski definition) is 0. The topological polar surface area (TPSA) is 20.3 Å². The Kier molecular flexibility index (Phi) is 3.82. The predicted octanol–water partition coefficient (Wildman–Crippen LogP) is 3.28. The lowest BCUT2D eigenvalue weighted by Crippen LogP contribution is -2.27. The summed E-state index contributed by atoms with van der Waals surface area (Å²) < 4.78 is 0. The van der Waals surface area contributed by atoms with Gasteiger partial charge < -0.3 is 4.90 Å². The molecule has 0 bridgehead atoms. The van der Waals surface area contributed by atoms with Crippen LogP contribution in [0, 0.1) is 5.92 Å². The molecule has 0 aromatic heterocycles. The molecule has 102 valence electrons. The molecule has 1 amide bonds. The van der Waals surface area contributed by atoms with Gasteiger partial charge in [-0.2, -0.15) is 0 Å². The smallest absolute Gasteiger partial charge is 0.226 e. The van der Waals surface area contributed by atoms with Crippen molar-refractivity contribution in [3.8, 4) is 0 Å². The van der Waals surface area contributed by atoms with Crippen molar-refractivity contribution in [2.75, 3.05) is 6.54 Å². The summed E-state index contributed by atoms with van der Waals surface area (Å²) in [5, 5.41) is 0. The number of hydrogen-bond acceptors (Lipinski definition) is 1. The molecule has 2 aromatic rings. The van der Waals surface area contributed by atoms with Crippen LogP contribution in [0.15, 0.2) is 60.7 Å². The lowest BCUT2D eigenvalue weighted by molar-refractivity contribution is -0.131. The highest BCUT2D eigenvalue weighted by Gasteiger charge is 2.31. The molecule has 20 heavy (non-hydrogen) atoms. The average molecular weight is 265 g/mol. The third-order valence-corrected chi connectivity index (χ3v) is 3.95. The van der Waals surface area contributed by atoms with Crippen molar-refractivity contribution in [3.05, 3.63) is 71.8 Å². The van der Waals surface area contributed by atoms with E-state index in [0.29, 0.717) is 5.91 Å². The second-order valence-electron chi connectivity index (χ2n) is 5.42. The van der Waals surface area contributed by atoms with Gasteiger partial charge in [-0.1, -0.05) is 60.7 Å². The minimum Gasteiger partial charge on any atom is -0.338 e. The van der Waals surface area contributed by atoms with Gasteiger partial charge in [-0.25, -0.2) is 0 Å². The van der Waals surface area contributed by atoms with Crippen LogP contribution in [0.4, 0.5) is 0 Å². The normalized spacial score (nSPS) is 18.5. The number of rotatable bonds is 4. The first-order valence-electron chi connectivity index (χ1n) is 7.19. The number of amides is 1. The summed E-state index contributed by atoms with van der Waals surface area (Å²) in [5.41, 5.74) is 2.47. The first kappa shape index (κ1) is 12.9. The summed E-state index contributed by atoms with van der Waals surface area (Å²) in [6.45, 7) is 1.62. The molecule has 3 rings (SSSR count). The van der Waals surface area contributed by atoms with Crippen LogP contribution in [0.2, 0.25) is 0 Å². The molecule has 1 saturated heterocycles. The average Bonchev–Trinajstić information content (AvgIpc) is 2.83. The first-order valence-corrected chi connectivity index (χ1v) is 7.19. The number of carbonyl (C=O) groups is 1. The second kappa shape index (κ2) is 5.91. The van der Waals surface area contributed by atoms with E-state index in [2.05, 4.69) is 24.3 Å². The molecule has 0 aliphatic carbocycles. The number of carbonyl (C=O) groups excluding carboxylic acids is 1. The van der Waals surface area contributed by atoms with E-state index >= 15 is 0 Å². The van der Waals surface area contributed by atoms with Crippen LogP contribution in [0.3, 0.4) is 0 Å². The highest BCUT2D eigenvalue weighted by molar-refractivity contribution is 5.81. The van der Waals surface area contributed by atoms with Crippen molar-refractivity contribution >= 4 is 5.91 Å². The Morgan fingerprint density at radius 2 is 1.50 bits per heavy atom. The van der Waals surface area contributed by atoms with Gasteiger partial charge in [0.05, 0.1) is 0 Å². The number of nitrogens with zero attached hydrogens (tertiary/aromatic N) is 1. The van der Waals surface area contributed by atoms with Crippen LogP contribution in [-0.2, 0) is 17.8 Å². The standard InChI is InChI=1S/C18H19NO/c20-18-17(13-15-7-3-1-4-8-15)11-12-19(18)14-16-9-5-2-6-10-16/h1-10,17H,11-14H2/t17-/m1/s1. The van der Waals surface area contributed by atoms with Crippen molar-refractivity contribution in [3.63, 3.8) is 0 Å². The largest absolute Gasteiger partial charge is 0.338 e. The molecule has 1 aliphatic heterocycles. The summed E-state index contributed by atoms with van der Waals surface area (Å²) in [6, 6.07) is 20.5. The lowest BCUT2D eigenvalue weighted by atomic mass is 9.98. The van der Waals surface area contributed by atoms with Crippen molar-refractivity contribution in [1.29, 1.82) is 0 Å². The number of benzene rings is 2. The summed E-state index contributed by atoms with van der Waals surface area (Å²) in [5.74, 6) is 0.457. The van der Waals surface area contributed by atoms with Crippen LogP contribution in [0.25, 0.3) is 0 Å². The SMILES string of the molecule is O=C1[C@@H](Cc2ccccc2)CCN1Cc1ccccc1. The van der Waals surface area contributed by atoms with Crippen molar-refractivity contribution in [2.24, 2.45) is 5.92 Å². The van der Waals surface area contributed by atoms with E-state index in [9.17, 15) is 4.79 Å². The van der Waals surface area contributed by atoms with Gasteiger partial charge >= 0.3 is 0 Å². The molecule has 2 heteroatoms. The maximum atomic E-state index is 12.4. The Morgan fingerprint density at radius 3 is 2.15 bits per heavy atom. The van der Waals surface area contributed by atoms with Gasteiger partial charge in [-0.05, 0) is 24.0 Å². The molecule has 1 heterocycles. The zero-order chi connectivity index (χ0) is 13.8. The van der Waals surface area contributed by atoms with E-state index < -0.39 is 0 Å². The van der Waals surface area contributed by atoms with Crippen LogP contribution in [0.5, 0.6) is 0 Å². The molecule has 2 nitrogen and oxygen atoms in total. The molecule has 2 aromatic carbocycles. The minimum atomic E-state index is 0.154. The molecule has 0 unspecified atom stereocenters. The van der Waals surface area contributed by atoms with Crippen molar-refractivity contribution in [2.45, 2.75) is 19.4 Å². The Hall–Kier alpha value is -2.09. The van der Waals surface area contributed by atoms with Gasteiger partial charge in [0.1, 0.15) is 0 Å². The third kappa shape index (κ3) is 2.90. The summed E-state index contributed by atoms with van der Waals surface area (Å²) >= 11 is 0. The summed E-state index contributed by atoms with van der Waals surface area (Å²) in [4.78, 5) is 14.4. The van der Waals surface area contributed by atoms with Crippen LogP contribution >= 0.6 is 0 Å². The van der Waals surface area contributed by atoms with Crippen molar-refractivity contribution < 1.29 is 4.79 Å². The van der Waals surface area contributed by atoms with E-state index in [-0.39, 0.29) is 5.92 Å². The molecular weight excluding hydrogens is 246 g/mol. The van der Waals surface area contributed by atoms with Gasteiger partial charge in [0.25, 0.3) is 0 Å². The molecule has 1 fully saturated rings. The zero-order valence-corrected chi connectivity index (χ0v) is 11.5. The fraction of sp³-hybridized carbons (Fsp3) is 0.278. The second-order valence-corrected chi connectivity index (χ2v) is 5.42. The van der Waals surface area contributed by atoms with E-state index in [1.165, 1.54) is 11.1 Å². The Morgan fingerprint density at radius 1 is 0.900 bits per heavy atom. The molecule has 0 spiro atoms. The lowest BCUT2D eigenvalue weighted by Gasteiger charge is -2.16.